The number of benzene rings is 2. The molecule has 2 aromatic carbocycles. The van der Waals surface area contributed by atoms with E-state index in [2.05, 4.69) is 0 Å². The Hall–Kier alpha value is -2.20. The Bertz CT molecular complexity index is 613. The average Bonchev–Trinajstić information content (AvgIpc) is 2.49. The Morgan fingerprint density at radius 1 is 1.19 bits per heavy atom. The number of hydrogen-bond acceptors (Lipinski definition) is 3. The second-order valence-electron chi connectivity index (χ2n) is 4.55. The Balaban J connectivity index is 1.87. The first-order valence-corrected chi connectivity index (χ1v) is 6.87. The molecule has 2 rings (SSSR count). The van der Waals surface area contributed by atoms with Crippen LogP contribution in [0.4, 0.5) is 0 Å². The monoisotopic (exact) mass is 305 g/mol. The van der Waals surface area contributed by atoms with Gasteiger partial charge in [-0.15, -0.1) is 0 Å². The van der Waals surface area contributed by atoms with Gasteiger partial charge in [0.25, 0.3) is 5.91 Å². The minimum atomic E-state index is -0.243. The van der Waals surface area contributed by atoms with E-state index in [1.165, 1.54) is 11.0 Å². The molecule has 0 saturated carbocycles. The van der Waals surface area contributed by atoms with E-state index in [0.717, 1.165) is 0 Å². The van der Waals surface area contributed by atoms with Crippen LogP contribution in [0.1, 0.15) is 10.4 Å². The number of carbonyl (C=O) groups excluding carboxylic acids is 1. The van der Waals surface area contributed by atoms with Gasteiger partial charge in [0.1, 0.15) is 18.1 Å². The van der Waals surface area contributed by atoms with Crippen molar-refractivity contribution in [2.24, 2.45) is 0 Å². The molecule has 0 fully saturated rings. The fourth-order valence-electron chi connectivity index (χ4n) is 1.79. The predicted molar refractivity (Wildman–Crippen MR) is 82.0 cm³/mol. The number of aromatic hydroxyl groups is 1. The lowest BCUT2D eigenvalue weighted by atomic mass is 10.2. The summed E-state index contributed by atoms with van der Waals surface area (Å²) >= 11 is 5.79. The van der Waals surface area contributed by atoms with Gasteiger partial charge in [0.15, 0.2) is 0 Å². The third-order valence-electron chi connectivity index (χ3n) is 2.99. The van der Waals surface area contributed by atoms with Crippen LogP contribution >= 0.6 is 11.6 Å². The van der Waals surface area contributed by atoms with Gasteiger partial charge in [-0.2, -0.15) is 0 Å². The van der Waals surface area contributed by atoms with Crippen LogP contribution in [-0.2, 0) is 0 Å². The third-order valence-corrected chi connectivity index (χ3v) is 3.24. The maximum absolute atomic E-state index is 12.1. The van der Waals surface area contributed by atoms with Crippen LogP contribution in [0, 0.1) is 0 Å². The van der Waals surface area contributed by atoms with Crippen LogP contribution in [0.2, 0.25) is 5.02 Å². The van der Waals surface area contributed by atoms with Crippen LogP contribution in [0.15, 0.2) is 48.5 Å². The van der Waals surface area contributed by atoms with E-state index in [1.54, 1.807) is 49.5 Å². The van der Waals surface area contributed by atoms with Crippen LogP contribution in [0.3, 0.4) is 0 Å². The van der Waals surface area contributed by atoms with Crippen LogP contribution in [-0.4, -0.2) is 36.1 Å². The molecular weight excluding hydrogens is 290 g/mol. The van der Waals surface area contributed by atoms with Crippen molar-refractivity contribution in [1.82, 2.24) is 4.90 Å². The summed E-state index contributed by atoms with van der Waals surface area (Å²) in [6.07, 6.45) is 0. The molecule has 0 heterocycles. The molecule has 0 unspecified atom stereocenters. The summed E-state index contributed by atoms with van der Waals surface area (Å²) < 4.78 is 5.53. The molecule has 0 aliphatic rings. The molecule has 0 atom stereocenters. The largest absolute Gasteiger partial charge is 0.507 e. The van der Waals surface area contributed by atoms with Crippen molar-refractivity contribution in [1.29, 1.82) is 0 Å². The first-order chi connectivity index (χ1) is 10.1. The molecule has 110 valence electrons. The lowest BCUT2D eigenvalue weighted by molar-refractivity contribution is 0.0771. The van der Waals surface area contributed by atoms with E-state index in [4.69, 9.17) is 16.3 Å². The van der Waals surface area contributed by atoms with Gasteiger partial charge in [-0.25, -0.2) is 0 Å². The summed E-state index contributed by atoms with van der Waals surface area (Å²) in [4.78, 5) is 13.7. The van der Waals surface area contributed by atoms with Gasteiger partial charge in [0.05, 0.1) is 12.1 Å². The normalized spacial score (nSPS) is 10.2. The zero-order valence-corrected chi connectivity index (χ0v) is 12.4. The van der Waals surface area contributed by atoms with E-state index < -0.39 is 0 Å². The standard InChI is InChI=1S/C16H16ClNO3/c1-18(16(20)14-4-2-3-5-15(14)19)10-11-21-13-8-6-12(17)7-9-13/h2-9,19H,10-11H2,1H3. The van der Waals surface area contributed by atoms with Crippen LogP contribution in [0.25, 0.3) is 0 Å². The Morgan fingerprint density at radius 3 is 2.52 bits per heavy atom. The summed E-state index contributed by atoms with van der Waals surface area (Å²) in [5.74, 6) is 0.434. The van der Waals surface area contributed by atoms with Gasteiger partial charge in [-0.1, -0.05) is 23.7 Å². The number of phenols is 1. The number of carbonyl (C=O) groups is 1. The Labute approximate surface area is 128 Å². The van der Waals surface area contributed by atoms with E-state index in [1.807, 2.05) is 0 Å². The zero-order chi connectivity index (χ0) is 15.2. The van der Waals surface area contributed by atoms with Gasteiger partial charge in [0.2, 0.25) is 0 Å². The first kappa shape index (κ1) is 15.2. The highest BCUT2D eigenvalue weighted by molar-refractivity contribution is 6.30. The lowest BCUT2D eigenvalue weighted by Crippen LogP contribution is -2.30. The number of para-hydroxylation sites is 1. The molecule has 0 aromatic heterocycles. The number of phenolic OH excluding ortho intramolecular Hbond substituents is 1. The SMILES string of the molecule is CN(CCOc1ccc(Cl)cc1)C(=O)c1ccccc1O. The number of halogens is 1. The number of rotatable bonds is 5. The summed E-state index contributed by atoms with van der Waals surface area (Å²) in [6, 6.07) is 13.5. The number of hydrogen-bond donors (Lipinski definition) is 1. The maximum atomic E-state index is 12.1. The quantitative estimate of drug-likeness (QED) is 0.923. The smallest absolute Gasteiger partial charge is 0.257 e. The van der Waals surface area contributed by atoms with E-state index >= 15 is 0 Å². The molecule has 1 amide bonds. The average molecular weight is 306 g/mol. The highest BCUT2D eigenvalue weighted by Crippen LogP contribution is 2.18. The molecule has 0 radical (unpaired) electrons. The van der Waals surface area contributed by atoms with Crippen molar-refractivity contribution >= 4 is 17.5 Å². The third kappa shape index (κ3) is 4.13. The fourth-order valence-corrected chi connectivity index (χ4v) is 1.92. The van der Waals surface area contributed by atoms with Crippen LogP contribution in [0.5, 0.6) is 11.5 Å². The van der Waals surface area contributed by atoms with Gasteiger partial charge in [-0.3, -0.25) is 4.79 Å². The van der Waals surface area contributed by atoms with E-state index in [0.29, 0.717) is 23.9 Å². The topological polar surface area (TPSA) is 49.8 Å². The molecule has 1 N–H and O–H groups in total. The summed E-state index contributed by atoms with van der Waals surface area (Å²) in [5, 5.41) is 10.3. The molecular formula is C16H16ClNO3. The Morgan fingerprint density at radius 2 is 1.86 bits per heavy atom. The summed E-state index contributed by atoms with van der Waals surface area (Å²) in [5.41, 5.74) is 0.284. The number of nitrogens with zero attached hydrogens (tertiary/aromatic N) is 1. The molecule has 0 bridgehead atoms. The lowest BCUT2D eigenvalue weighted by Gasteiger charge is -2.18. The number of amides is 1. The number of likely N-dealkylation sites (N-methyl/N-ethyl adjacent to an activating group) is 1. The van der Waals surface area contributed by atoms with E-state index in [-0.39, 0.29) is 17.2 Å². The highest BCUT2D eigenvalue weighted by atomic mass is 35.5. The first-order valence-electron chi connectivity index (χ1n) is 6.50. The summed E-state index contributed by atoms with van der Waals surface area (Å²) in [7, 11) is 1.67. The van der Waals surface area contributed by atoms with Gasteiger partial charge >= 0.3 is 0 Å². The minimum Gasteiger partial charge on any atom is -0.507 e. The molecule has 21 heavy (non-hydrogen) atoms. The van der Waals surface area contributed by atoms with Crippen LogP contribution < -0.4 is 4.74 Å². The Kier molecular flexibility index (Phi) is 5.06. The van der Waals surface area contributed by atoms with Crippen molar-refractivity contribution in [3.05, 3.63) is 59.1 Å². The molecule has 0 aliphatic carbocycles. The van der Waals surface area contributed by atoms with Gasteiger partial charge < -0.3 is 14.7 Å². The van der Waals surface area contributed by atoms with Crippen molar-refractivity contribution in [3.8, 4) is 11.5 Å². The second kappa shape index (κ2) is 6.99. The van der Waals surface area contributed by atoms with Crippen molar-refractivity contribution in [2.45, 2.75) is 0 Å². The molecule has 2 aromatic rings. The molecule has 0 spiro atoms. The van der Waals surface area contributed by atoms with Gasteiger partial charge in [-0.05, 0) is 36.4 Å². The van der Waals surface area contributed by atoms with Crippen molar-refractivity contribution in [3.63, 3.8) is 0 Å². The second-order valence-corrected chi connectivity index (χ2v) is 4.98. The fraction of sp³-hybridized carbons (Fsp3) is 0.188. The predicted octanol–water partition coefficient (Wildman–Crippen LogP) is 3.20. The number of ether oxygens (including phenoxy) is 1. The molecule has 4 nitrogen and oxygen atoms in total. The summed E-state index contributed by atoms with van der Waals surface area (Å²) in [6.45, 7) is 0.771. The van der Waals surface area contributed by atoms with Crippen molar-refractivity contribution < 1.29 is 14.6 Å². The van der Waals surface area contributed by atoms with Crippen molar-refractivity contribution in [2.75, 3.05) is 20.2 Å². The van der Waals surface area contributed by atoms with Gasteiger partial charge in [0, 0.05) is 12.1 Å². The molecule has 0 saturated heterocycles. The minimum absolute atomic E-state index is 0.0204. The maximum Gasteiger partial charge on any atom is 0.257 e. The zero-order valence-electron chi connectivity index (χ0n) is 11.6. The van der Waals surface area contributed by atoms with E-state index in [9.17, 15) is 9.90 Å². The molecule has 5 heteroatoms. The highest BCUT2D eigenvalue weighted by Gasteiger charge is 2.14. The molecule has 0 aliphatic heterocycles.